The van der Waals surface area contributed by atoms with Crippen molar-refractivity contribution in [1.82, 2.24) is 4.98 Å². The van der Waals surface area contributed by atoms with Crippen molar-refractivity contribution < 1.29 is 13.2 Å². The van der Waals surface area contributed by atoms with Gasteiger partial charge in [-0.05, 0) is 25.1 Å². The summed E-state index contributed by atoms with van der Waals surface area (Å²) in [7, 11) is 1.79. The Balaban J connectivity index is 2.23. The molecule has 0 aliphatic heterocycles. The van der Waals surface area contributed by atoms with Gasteiger partial charge in [-0.2, -0.15) is 13.2 Å². The van der Waals surface area contributed by atoms with Crippen LogP contribution in [0.3, 0.4) is 0 Å². The number of aryl methyl sites for hydroxylation is 1. The molecule has 0 unspecified atom stereocenters. The van der Waals surface area contributed by atoms with Crippen molar-refractivity contribution in [3.8, 4) is 0 Å². The van der Waals surface area contributed by atoms with Crippen LogP contribution in [-0.2, 0) is 12.7 Å². The zero-order valence-corrected chi connectivity index (χ0v) is 11.8. The molecule has 7 heteroatoms. The van der Waals surface area contributed by atoms with E-state index in [0.29, 0.717) is 12.2 Å². The molecule has 0 amide bonds. The van der Waals surface area contributed by atoms with Gasteiger partial charge in [0.25, 0.3) is 0 Å². The van der Waals surface area contributed by atoms with E-state index < -0.39 is 11.7 Å². The molecule has 1 aromatic heterocycles. The van der Waals surface area contributed by atoms with Gasteiger partial charge in [-0.3, -0.25) is 0 Å². The molecular formula is C13H14F3N3S. The fourth-order valence-electron chi connectivity index (χ4n) is 1.86. The Bertz CT molecular complexity index is 607. The largest absolute Gasteiger partial charge is 0.416 e. The molecular weight excluding hydrogens is 287 g/mol. The molecule has 1 aromatic carbocycles. The van der Waals surface area contributed by atoms with Crippen molar-refractivity contribution in [3.63, 3.8) is 0 Å². The second-order valence-corrected chi connectivity index (χ2v) is 5.43. The summed E-state index contributed by atoms with van der Waals surface area (Å²) in [6, 6.07) is 3.40. The lowest BCUT2D eigenvalue weighted by atomic mass is 10.1. The van der Waals surface area contributed by atoms with E-state index in [2.05, 4.69) is 4.98 Å². The predicted octanol–water partition coefficient (Wildman–Crippen LogP) is 3.69. The molecule has 2 rings (SSSR count). The Hall–Kier alpha value is -1.76. The van der Waals surface area contributed by atoms with E-state index >= 15 is 0 Å². The van der Waals surface area contributed by atoms with Crippen LogP contribution in [-0.4, -0.2) is 12.0 Å². The van der Waals surface area contributed by atoms with Gasteiger partial charge in [-0.25, -0.2) is 4.98 Å². The van der Waals surface area contributed by atoms with E-state index in [9.17, 15) is 13.2 Å². The molecule has 108 valence electrons. The summed E-state index contributed by atoms with van der Waals surface area (Å²) in [4.78, 5) is 7.02. The predicted molar refractivity (Wildman–Crippen MR) is 74.8 cm³/mol. The first-order valence-corrected chi connectivity index (χ1v) is 6.74. The number of anilines is 2. The summed E-state index contributed by atoms with van der Waals surface area (Å²) in [5.74, 6) is 0. The summed E-state index contributed by atoms with van der Waals surface area (Å²) in [6.45, 7) is 2.46. The SMILES string of the molecule is Cc1ncsc1CN(C)c1ccc(C(F)(F)F)cc1N. The van der Waals surface area contributed by atoms with Gasteiger partial charge in [0.05, 0.1) is 34.7 Å². The highest BCUT2D eigenvalue weighted by Crippen LogP contribution is 2.34. The zero-order valence-electron chi connectivity index (χ0n) is 11.0. The molecule has 0 saturated carbocycles. The van der Waals surface area contributed by atoms with Crippen LogP contribution < -0.4 is 10.6 Å². The third kappa shape index (κ3) is 3.04. The Labute approximate surface area is 118 Å². The second-order valence-electron chi connectivity index (χ2n) is 4.49. The van der Waals surface area contributed by atoms with Crippen LogP contribution in [0.2, 0.25) is 0 Å². The highest BCUT2D eigenvalue weighted by molar-refractivity contribution is 7.09. The normalized spacial score (nSPS) is 11.7. The van der Waals surface area contributed by atoms with Crippen molar-refractivity contribution >= 4 is 22.7 Å². The minimum absolute atomic E-state index is 0.115. The Morgan fingerprint density at radius 2 is 2.05 bits per heavy atom. The van der Waals surface area contributed by atoms with Gasteiger partial charge in [-0.15, -0.1) is 11.3 Å². The number of hydrogen-bond acceptors (Lipinski definition) is 4. The number of nitrogens with zero attached hydrogens (tertiary/aromatic N) is 2. The number of rotatable bonds is 3. The van der Waals surface area contributed by atoms with Gasteiger partial charge in [0.15, 0.2) is 0 Å². The number of benzene rings is 1. The molecule has 0 bridgehead atoms. The van der Waals surface area contributed by atoms with Crippen molar-refractivity contribution in [1.29, 1.82) is 0 Å². The highest BCUT2D eigenvalue weighted by atomic mass is 32.1. The van der Waals surface area contributed by atoms with Crippen LogP contribution in [0.5, 0.6) is 0 Å². The lowest BCUT2D eigenvalue weighted by Gasteiger charge is -2.21. The average Bonchev–Trinajstić information content (AvgIpc) is 2.73. The summed E-state index contributed by atoms with van der Waals surface area (Å²) < 4.78 is 37.7. The fraction of sp³-hybridized carbons (Fsp3) is 0.308. The minimum atomic E-state index is -4.38. The number of hydrogen-bond donors (Lipinski definition) is 1. The minimum Gasteiger partial charge on any atom is -0.397 e. The Morgan fingerprint density at radius 3 is 2.55 bits per heavy atom. The molecule has 2 aromatic rings. The first kappa shape index (κ1) is 14.6. The van der Waals surface area contributed by atoms with Crippen LogP contribution >= 0.6 is 11.3 Å². The maximum absolute atomic E-state index is 12.6. The van der Waals surface area contributed by atoms with E-state index in [1.54, 1.807) is 12.6 Å². The number of thiazole rings is 1. The van der Waals surface area contributed by atoms with Crippen LogP contribution in [0.1, 0.15) is 16.1 Å². The highest BCUT2D eigenvalue weighted by Gasteiger charge is 2.31. The molecule has 0 spiro atoms. The summed E-state index contributed by atoms with van der Waals surface area (Å²) in [5, 5.41) is 0. The number of nitrogens with two attached hydrogens (primary N) is 1. The number of nitrogen functional groups attached to an aromatic ring is 1. The molecule has 0 saturated heterocycles. The first-order valence-electron chi connectivity index (χ1n) is 5.86. The summed E-state index contributed by atoms with van der Waals surface area (Å²) >= 11 is 1.51. The van der Waals surface area contributed by atoms with E-state index in [1.165, 1.54) is 17.4 Å². The van der Waals surface area contributed by atoms with Gasteiger partial charge < -0.3 is 10.6 Å². The molecule has 3 nitrogen and oxygen atoms in total. The molecule has 0 aliphatic carbocycles. The average molecular weight is 301 g/mol. The quantitative estimate of drug-likeness (QED) is 0.879. The molecule has 1 heterocycles. The molecule has 0 fully saturated rings. The third-order valence-corrected chi connectivity index (χ3v) is 3.91. The smallest absolute Gasteiger partial charge is 0.397 e. The maximum Gasteiger partial charge on any atom is 0.416 e. The van der Waals surface area contributed by atoms with Gasteiger partial charge in [0.1, 0.15) is 0 Å². The van der Waals surface area contributed by atoms with Crippen LogP contribution in [0.15, 0.2) is 23.7 Å². The molecule has 20 heavy (non-hydrogen) atoms. The Kier molecular flexibility index (Phi) is 3.89. The van der Waals surface area contributed by atoms with Crippen LogP contribution in [0.4, 0.5) is 24.5 Å². The van der Waals surface area contributed by atoms with Crippen molar-refractivity contribution in [2.75, 3.05) is 17.7 Å². The standard InChI is InChI=1S/C13H14F3N3S/c1-8-12(20-7-18-8)6-19(2)11-4-3-9(5-10(11)17)13(14,15)16/h3-5,7H,6,17H2,1-2H3. The lowest BCUT2D eigenvalue weighted by molar-refractivity contribution is -0.137. The molecule has 0 aliphatic rings. The molecule has 2 N–H and O–H groups in total. The van der Waals surface area contributed by atoms with Gasteiger partial charge in [0.2, 0.25) is 0 Å². The van der Waals surface area contributed by atoms with Crippen LogP contribution in [0, 0.1) is 6.92 Å². The topological polar surface area (TPSA) is 42.2 Å². The molecule has 0 atom stereocenters. The third-order valence-electron chi connectivity index (χ3n) is 2.99. The summed E-state index contributed by atoms with van der Waals surface area (Å²) in [6.07, 6.45) is -4.38. The van der Waals surface area contributed by atoms with Crippen molar-refractivity contribution in [2.45, 2.75) is 19.6 Å². The fourth-order valence-corrected chi connectivity index (χ4v) is 2.69. The first-order chi connectivity index (χ1) is 9.29. The monoisotopic (exact) mass is 301 g/mol. The number of alkyl halides is 3. The van der Waals surface area contributed by atoms with Gasteiger partial charge >= 0.3 is 6.18 Å². The molecule has 0 radical (unpaired) electrons. The Morgan fingerprint density at radius 1 is 1.35 bits per heavy atom. The van der Waals surface area contributed by atoms with E-state index in [0.717, 1.165) is 22.7 Å². The lowest BCUT2D eigenvalue weighted by Crippen LogP contribution is -2.18. The number of aromatic nitrogens is 1. The van der Waals surface area contributed by atoms with E-state index in [-0.39, 0.29) is 5.69 Å². The number of halogens is 3. The maximum atomic E-state index is 12.6. The van der Waals surface area contributed by atoms with Crippen LogP contribution in [0.25, 0.3) is 0 Å². The van der Waals surface area contributed by atoms with Gasteiger partial charge in [0, 0.05) is 11.9 Å². The van der Waals surface area contributed by atoms with E-state index in [4.69, 9.17) is 5.73 Å². The second kappa shape index (κ2) is 5.32. The summed E-state index contributed by atoms with van der Waals surface area (Å²) in [5.41, 5.74) is 8.36. The zero-order chi connectivity index (χ0) is 14.9. The van der Waals surface area contributed by atoms with Crippen molar-refractivity contribution in [3.05, 3.63) is 39.8 Å². The van der Waals surface area contributed by atoms with Crippen molar-refractivity contribution in [2.24, 2.45) is 0 Å². The van der Waals surface area contributed by atoms with E-state index in [1.807, 2.05) is 11.8 Å². The van der Waals surface area contributed by atoms with Gasteiger partial charge in [-0.1, -0.05) is 0 Å².